The van der Waals surface area contributed by atoms with Gasteiger partial charge in [0, 0.05) is 21.4 Å². The van der Waals surface area contributed by atoms with E-state index in [1.807, 2.05) is 60.7 Å². The largest absolute Gasteiger partial charge is 0.465 e. The third-order valence-electron chi connectivity index (χ3n) is 4.46. The van der Waals surface area contributed by atoms with E-state index in [-0.39, 0.29) is 11.6 Å². The van der Waals surface area contributed by atoms with Crippen molar-refractivity contribution < 1.29 is 14.0 Å². The molecule has 0 saturated heterocycles. The number of nitrogens with one attached hydrogen (secondary N) is 2. The fraction of sp³-hybridized carbons (Fsp3) is 0. The molecule has 2 N–H and O–H groups in total. The van der Waals surface area contributed by atoms with Crippen LogP contribution in [0.2, 0.25) is 0 Å². The predicted octanol–water partition coefficient (Wildman–Crippen LogP) is 5.84. The number of rotatable bonds is 7. The number of amides is 2. The van der Waals surface area contributed by atoms with Gasteiger partial charge in [-0.25, -0.2) is 0 Å². The molecule has 1 aromatic heterocycles. The molecule has 0 radical (unpaired) electrons. The Morgan fingerprint density at radius 3 is 2.19 bits per heavy atom. The Kier molecular flexibility index (Phi) is 6.84. The van der Waals surface area contributed by atoms with Gasteiger partial charge in [0.2, 0.25) is 0 Å². The normalized spacial score (nSPS) is 11.1. The van der Waals surface area contributed by atoms with Gasteiger partial charge in [-0.1, -0.05) is 60.3 Å². The van der Waals surface area contributed by atoms with Crippen LogP contribution < -0.4 is 10.6 Å². The first kappa shape index (κ1) is 21.2. The van der Waals surface area contributed by atoms with Crippen molar-refractivity contribution in [1.82, 2.24) is 5.32 Å². The van der Waals surface area contributed by atoms with Gasteiger partial charge in [-0.05, 0) is 48.5 Å². The van der Waals surface area contributed by atoms with Crippen molar-refractivity contribution in [3.05, 3.63) is 120 Å². The second-order valence-electron chi connectivity index (χ2n) is 6.76. The topological polar surface area (TPSA) is 71.3 Å². The van der Waals surface area contributed by atoms with Crippen LogP contribution in [0.25, 0.3) is 6.08 Å². The lowest BCUT2D eigenvalue weighted by molar-refractivity contribution is -0.113. The molecule has 5 nitrogen and oxygen atoms in total. The number of carbonyl (C=O) groups is 2. The van der Waals surface area contributed by atoms with Gasteiger partial charge in [-0.15, -0.1) is 0 Å². The van der Waals surface area contributed by atoms with Crippen LogP contribution in [0, 0.1) is 0 Å². The van der Waals surface area contributed by atoms with Gasteiger partial charge in [0.15, 0.2) is 0 Å². The van der Waals surface area contributed by atoms with E-state index in [4.69, 9.17) is 4.42 Å². The molecule has 4 rings (SSSR count). The lowest BCUT2D eigenvalue weighted by atomic mass is 10.2. The first-order valence-corrected chi connectivity index (χ1v) is 10.8. The maximum atomic E-state index is 13.2. The molecular formula is C26H20N2O3S. The summed E-state index contributed by atoms with van der Waals surface area (Å²) < 4.78 is 5.34. The number of para-hydroxylation sites is 1. The van der Waals surface area contributed by atoms with Gasteiger partial charge in [-0.2, -0.15) is 0 Å². The molecule has 0 saturated carbocycles. The van der Waals surface area contributed by atoms with Gasteiger partial charge in [0.05, 0.1) is 12.0 Å². The van der Waals surface area contributed by atoms with Crippen LogP contribution in [0.3, 0.4) is 0 Å². The van der Waals surface area contributed by atoms with Gasteiger partial charge >= 0.3 is 0 Å². The highest BCUT2D eigenvalue weighted by atomic mass is 32.2. The molecule has 4 aromatic rings. The summed E-state index contributed by atoms with van der Waals surface area (Å²) >= 11 is 1.54. The monoisotopic (exact) mass is 440 g/mol. The van der Waals surface area contributed by atoms with Crippen LogP contribution in [0.5, 0.6) is 0 Å². The lowest BCUT2D eigenvalue weighted by Gasteiger charge is -2.13. The average Bonchev–Trinajstić information content (AvgIpc) is 3.34. The van der Waals surface area contributed by atoms with Crippen LogP contribution in [-0.4, -0.2) is 11.8 Å². The Morgan fingerprint density at radius 1 is 0.781 bits per heavy atom. The molecule has 2 amide bonds. The molecule has 3 aromatic carbocycles. The van der Waals surface area contributed by atoms with Crippen LogP contribution in [0.4, 0.5) is 5.69 Å². The number of hydrogen-bond donors (Lipinski definition) is 2. The van der Waals surface area contributed by atoms with E-state index < -0.39 is 5.91 Å². The predicted molar refractivity (Wildman–Crippen MR) is 126 cm³/mol. The van der Waals surface area contributed by atoms with E-state index in [1.165, 1.54) is 12.3 Å². The Labute approximate surface area is 190 Å². The quantitative estimate of drug-likeness (QED) is 0.354. The third kappa shape index (κ3) is 5.56. The summed E-state index contributed by atoms with van der Waals surface area (Å²) in [5.74, 6) is -0.382. The second kappa shape index (κ2) is 10.3. The van der Waals surface area contributed by atoms with Crippen molar-refractivity contribution in [3.63, 3.8) is 0 Å². The summed E-state index contributed by atoms with van der Waals surface area (Å²) in [4.78, 5) is 27.8. The van der Waals surface area contributed by atoms with E-state index in [2.05, 4.69) is 10.6 Å². The van der Waals surface area contributed by atoms with Crippen molar-refractivity contribution in [2.24, 2.45) is 0 Å². The summed E-state index contributed by atoms with van der Waals surface area (Å²) in [5.41, 5.74) is 1.17. The molecule has 0 spiro atoms. The molecule has 0 fully saturated rings. The number of anilines is 1. The summed E-state index contributed by atoms with van der Waals surface area (Å²) in [6.07, 6.45) is 3.01. The summed E-state index contributed by atoms with van der Waals surface area (Å²) in [5, 5.41) is 5.62. The maximum absolute atomic E-state index is 13.2. The standard InChI is InChI=1S/C26H20N2O3S/c29-25(19-10-3-1-4-11-19)28-23(18-20-12-9-17-31-20)26(30)27-22-15-7-8-16-24(22)32-21-13-5-2-6-14-21/h1-18H,(H,27,30)(H,28,29)/b23-18-. The zero-order valence-electron chi connectivity index (χ0n) is 17.0. The Balaban J connectivity index is 1.58. The number of furan rings is 1. The molecule has 0 atom stereocenters. The average molecular weight is 441 g/mol. The van der Waals surface area contributed by atoms with E-state index in [0.717, 1.165) is 9.79 Å². The zero-order chi connectivity index (χ0) is 22.2. The van der Waals surface area contributed by atoms with E-state index in [0.29, 0.717) is 17.0 Å². The zero-order valence-corrected chi connectivity index (χ0v) is 17.8. The van der Waals surface area contributed by atoms with Crippen molar-refractivity contribution in [3.8, 4) is 0 Å². The first-order chi connectivity index (χ1) is 15.7. The van der Waals surface area contributed by atoms with Crippen molar-refractivity contribution in [2.75, 3.05) is 5.32 Å². The van der Waals surface area contributed by atoms with E-state index in [9.17, 15) is 9.59 Å². The van der Waals surface area contributed by atoms with Gasteiger partial charge in [-0.3, -0.25) is 9.59 Å². The number of hydrogen-bond acceptors (Lipinski definition) is 4. The van der Waals surface area contributed by atoms with Crippen molar-refractivity contribution >= 4 is 35.3 Å². The minimum atomic E-state index is -0.452. The highest BCUT2D eigenvalue weighted by Crippen LogP contribution is 2.33. The summed E-state index contributed by atoms with van der Waals surface area (Å²) in [7, 11) is 0. The highest BCUT2D eigenvalue weighted by molar-refractivity contribution is 7.99. The Bertz CT molecular complexity index is 1220. The minimum Gasteiger partial charge on any atom is -0.465 e. The molecule has 1 heterocycles. The Morgan fingerprint density at radius 2 is 1.47 bits per heavy atom. The smallest absolute Gasteiger partial charge is 0.272 e. The SMILES string of the molecule is O=C(Nc1ccccc1Sc1ccccc1)/C(=C/c1ccco1)NC(=O)c1ccccc1. The fourth-order valence-electron chi connectivity index (χ4n) is 2.92. The molecule has 0 aliphatic rings. The van der Waals surface area contributed by atoms with Crippen LogP contribution in [-0.2, 0) is 4.79 Å². The number of carbonyl (C=O) groups excluding carboxylic acids is 2. The summed E-state index contributed by atoms with van der Waals surface area (Å²) in [6, 6.07) is 29.6. The maximum Gasteiger partial charge on any atom is 0.272 e. The van der Waals surface area contributed by atoms with Crippen LogP contribution in [0.1, 0.15) is 16.1 Å². The molecule has 6 heteroatoms. The molecule has 0 aliphatic carbocycles. The van der Waals surface area contributed by atoms with Crippen LogP contribution in [0.15, 0.2) is 123 Å². The van der Waals surface area contributed by atoms with E-state index >= 15 is 0 Å². The Hall–Kier alpha value is -4.03. The molecular weight excluding hydrogens is 420 g/mol. The molecule has 0 aliphatic heterocycles. The van der Waals surface area contributed by atoms with Crippen molar-refractivity contribution in [1.29, 1.82) is 0 Å². The lowest BCUT2D eigenvalue weighted by Crippen LogP contribution is -2.30. The summed E-state index contributed by atoms with van der Waals surface area (Å²) in [6.45, 7) is 0. The molecule has 32 heavy (non-hydrogen) atoms. The van der Waals surface area contributed by atoms with Crippen LogP contribution >= 0.6 is 11.8 Å². The number of benzene rings is 3. The van der Waals surface area contributed by atoms with Gasteiger partial charge in [0.1, 0.15) is 11.5 Å². The molecule has 158 valence electrons. The van der Waals surface area contributed by atoms with Gasteiger partial charge < -0.3 is 15.1 Å². The second-order valence-corrected chi connectivity index (χ2v) is 7.87. The minimum absolute atomic E-state index is 0.0771. The first-order valence-electron chi connectivity index (χ1n) is 9.94. The van der Waals surface area contributed by atoms with E-state index in [1.54, 1.807) is 48.2 Å². The highest BCUT2D eigenvalue weighted by Gasteiger charge is 2.17. The third-order valence-corrected chi connectivity index (χ3v) is 5.55. The van der Waals surface area contributed by atoms with Gasteiger partial charge in [0.25, 0.3) is 11.8 Å². The van der Waals surface area contributed by atoms with Crippen molar-refractivity contribution in [2.45, 2.75) is 9.79 Å². The molecule has 0 unspecified atom stereocenters. The fourth-order valence-corrected chi connectivity index (χ4v) is 3.84. The molecule has 0 bridgehead atoms.